The molecular formula is C17H15Cl2FN2O2. The summed E-state index contributed by atoms with van der Waals surface area (Å²) in [7, 11) is 0. The summed E-state index contributed by atoms with van der Waals surface area (Å²) in [4.78, 5) is 12.0. The summed E-state index contributed by atoms with van der Waals surface area (Å²) < 4.78 is 18.4. The van der Waals surface area contributed by atoms with Crippen molar-refractivity contribution in [2.75, 3.05) is 0 Å². The molecule has 0 radical (unpaired) electrons. The average molecular weight is 369 g/mol. The highest BCUT2D eigenvalue weighted by molar-refractivity contribution is 6.35. The molecule has 2 aromatic carbocycles. The third kappa shape index (κ3) is 4.94. The Morgan fingerprint density at radius 3 is 2.50 bits per heavy atom. The van der Waals surface area contributed by atoms with Crippen LogP contribution in [-0.2, 0) is 4.79 Å². The van der Waals surface area contributed by atoms with Gasteiger partial charge in [0.15, 0.2) is 6.10 Å². The Balaban J connectivity index is 1.98. The van der Waals surface area contributed by atoms with Crippen molar-refractivity contribution in [1.82, 2.24) is 5.43 Å². The van der Waals surface area contributed by atoms with Gasteiger partial charge in [0.1, 0.15) is 11.6 Å². The quantitative estimate of drug-likeness (QED) is 0.626. The molecule has 24 heavy (non-hydrogen) atoms. The van der Waals surface area contributed by atoms with E-state index >= 15 is 0 Å². The number of rotatable bonds is 5. The molecule has 1 unspecified atom stereocenters. The van der Waals surface area contributed by atoms with E-state index in [2.05, 4.69) is 10.5 Å². The van der Waals surface area contributed by atoms with E-state index in [1.54, 1.807) is 38.1 Å². The first-order valence-electron chi connectivity index (χ1n) is 7.08. The van der Waals surface area contributed by atoms with Crippen LogP contribution in [0.2, 0.25) is 10.0 Å². The summed E-state index contributed by atoms with van der Waals surface area (Å²) in [5, 5.41) is 4.77. The molecule has 0 aliphatic heterocycles. The number of hydrogen-bond acceptors (Lipinski definition) is 3. The molecule has 0 aliphatic carbocycles. The van der Waals surface area contributed by atoms with Crippen LogP contribution in [0.15, 0.2) is 47.6 Å². The predicted molar refractivity (Wildman–Crippen MR) is 93.3 cm³/mol. The smallest absolute Gasteiger partial charge is 0.280 e. The van der Waals surface area contributed by atoms with E-state index in [9.17, 15) is 9.18 Å². The van der Waals surface area contributed by atoms with Crippen LogP contribution in [0.25, 0.3) is 0 Å². The Labute approximate surface area is 149 Å². The summed E-state index contributed by atoms with van der Waals surface area (Å²) in [6.45, 7) is 3.28. The topological polar surface area (TPSA) is 50.7 Å². The van der Waals surface area contributed by atoms with Gasteiger partial charge in [-0.05, 0) is 49.7 Å². The lowest BCUT2D eigenvalue weighted by Crippen LogP contribution is -2.34. The Bertz CT molecular complexity index is 764. The first-order valence-corrected chi connectivity index (χ1v) is 7.84. The molecule has 0 saturated carbocycles. The highest BCUT2D eigenvalue weighted by Crippen LogP contribution is 2.28. The molecule has 0 heterocycles. The van der Waals surface area contributed by atoms with Crippen LogP contribution in [0.4, 0.5) is 4.39 Å². The van der Waals surface area contributed by atoms with Crippen molar-refractivity contribution >= 4 is 34.8 Å². The van der Waals surface area contributed by atoms with Crippen molar-refractivity contribution in [3.63, 3.8) is 0 Å². The maximum absolute atomic E-state index is 12.9. The summed E-state index contributed by atoms with van der Waals surface area (Å²) in [5.41, 5.74) is 3.65. The van der Waals surface area contributed by atoms with Gasteiger partial charge in [0.25, 0.3) is 5.91 Å². The van der Waals surface area contributed by atoms with Gasteiger partial charge >= 0.3 is 0 Å². The first-order chi connectivity index (χ1) is 11.4. The van der Waals surface area contributed by atoms with Gasteiger partial charge in [0.05, 0.1) is 10.7 Å². The number of amides is 1. The van der Waals surface area contributed by atoms with Gasteiger partial charge in [-0.25, -0.2) is 9.82 Å². The van der Waals surface area contributed by atoms with Gasteiger partial charge in [-0.1, -0.05) is 35.3 Å². The lowest BCUT2D eigenvalue weighted by molar-refractivity contribution is -0.127. The number of nitrogens with one attached hydrogen (secondary N) is 1. The van der Waals surface area contributed by atoms with E-state index < -0.39 is 12.0 Å². The fourth-order valence-corrected chi connectivity index (χ4v) is 2.25. The number of ether oxygens (including phenoxy) is 1. The van der Waals surface area contributed by atoms with E-state index in [4.69, 9.17) is 27.9 Å². The van der Waals surface area contributed by atoms with E-state index in [1.165, 1.54) is 18.2 Å². The van der Waals surface area contributed by atoms with E-state index in [0.29, 0.717) is 27.1 Å². The molecule has 2 aromatic rings. The average Bonchev–Trinajstić information content (AvgIpc) is 2.55. The maximum Gasteiger partial charge on any atom is 0.280 e. The molecule has 0 spiro atoms. The van der Waals surface area contributed by atoms with Crippen molar-refractivity contribution in [1.29, 1.82) is 0 Å². The van der Waals surface area contributed by atoms with E-state index in [-0.39, 0.29) is 5.82 Å². The standard InChI is InChI=1S/C17H15Cl2FN2O2/c1-10(12-3-6-14(20)7-4-12)21-22-17(23)11(2)24-16-8-5-13(18)9-15(16)19/h3-9,11H,1-2H3,(H,22,23). The number of benzene rings is 2. The highest BCUT2D eigenvalue weighted by atomic mass is 35.5. The van der Waals surface area contributed by atoms with E-state index in [1.807, 2.05) is 0 Å². The summed E-state index contributed by atoms with van der Waals surface area (Å²) in [6, 6.07) is 10.5. The number of halogens is 3. The van der Waals surface area contributed by atoms with Crippen molar-refractivity contribution in [2.45, 2.75) is 20.0 Å². The number of carbonyl (C=O) groups excluding carboxylic acids is 1. The number of hydrazone groups is 1. The lowest BCUT2D eigenvalue weighted by Gasteiger charge is -2.14. The van der Waals surface area contributed by atoms with Gasteiger partial charge in [-0.15, -0.1) is 0 Å². The normalized spacial score (nSPS) is 12.6. The number of hydrogen-bond donors (Lipinski definition) is 1. The van der Waals surface area contributed by atoms with Gasteiger partial charge in [-0.3, -0.25) is 4.79 Å². The second-order valence-corrected chi connectivity index (χ2v) is 5.86. The first kappa shape index (κ1) is 18.2. The Morgan fingerprint density at radius 1 is 1.21 bits per heavy atom. The molecule has 4 nitrogen and oxygen atoms in total. The SMILES string of the molecule is CC(=NNC(=O)C(C)Oc1ccc(Cl)cc1Cl)c1ccc(F)cc1. The van der Waals surface area contributed by atoms with Crippen LogP contribution in [0.5, 0.6) is 5.75 Å². The van der Waals surface area contributed by atoms with Crippen molar-refractivity contribution in [3.8, 4) is 5.75 Å². The maximum atomic E-state index is 12.9. The zero-order valence-electron chi connectivity index (χ0n) is 13.0. The van der Waals surface area contributed by atoms with Gasteiger partial charge in [-0.2, -0.15) is 5.10 Å². The molecule has 1 atom stereocenters. The molecule has 0 bridgehead atoms. The zero-order chi connectivity index (χ0) is 17.7. The van der Waals surface area contributed by atoms with Gasteiger partial charge < -0.3 is 4.74 Å². The minimum Gasteiger partial charge on any atom is -0.479 e. The van der Waals surface area contributed by atoms with Crippen LogP contribution >= 0.6 is 23.2 Å². The van der Waals surface area contributed by atoms with Gasteiger partial charge in [0.2, 0.25) is 0 Å². The largest absolute Gasteiger partial charge is 0.479 e. The predicted octanol–water partition coefficient (Wildman–Crippen LogP) is 4.44. The molecule has 0 aromatic heterocycles. The minimum absolute atomic E-state index is 0.313. The Morgan fingerprint density at radius 2 is 1.88 bits per heavy atom. The fraction of sp³-hybridized carbons (Fsp3) is 0.176. The van der Waals surface area contributed by atoms with Crippen molar-refractivity contribution in [2.24, 2.45) is 5.10 Å². The summed E-state index contributed by atoms with van der Waals surface area (Å²) in [5.74, 6) is -0.428. The van der Waals surface area contributed by atoms with E-state index in [0.717, 1.165) is 0 Å². The van der Waals surface area contributed by atoms with Crippen LogP contribution in [-0.4, -0.2) is 17.7 Å². The minimum atomic E-state index is -0.812. The Kier molecular flexibility index (Phi) is 6.17. The lowest BCUT2D eigenvalue weighted by atomic mass is 10.1. The third-order valence-electron chi connectivity index (χ3n) is 3.16. The second-order valence-electron chi connectivity index (χ2n) is 5.01. The van der Waals surface area contributed by atoms with Crippen LogP contribution in [0.3, 0.4) is 0 Å². The molecule has 2 rings (SSSR count). The molecule has 0 aliphatic rings. The molecule has 1 amide bonds. The third-order valence-corrected chi connectivity index (χ3v) is 3.69. The van der Waals surface area contributed by atoms with Gasteiger partial charge in [0, 0.05) is 5.02 Å². The molecule has 0 saturated heterocycles. The molecular weight excluding hydrogens is 354 g/mol. The van der Waals surface area contributed by atoms with Crippen LogP contribution in [0, 0.1) is 5.82 Å². The molecule has 0 fully saturated rings. The zero-order valence-corrected chi connectivity index (χ0v) is 14.5. The second kappa shape index (κ2) is 8.13. The number of carbonyl (C=O) groups is 1. The fourth-order valence-electron chi connectivity index (χ4n) is 1.80. The van der Waals surface area contributed by atoms with Crippen molar-refractivity contribution < 1.29 is 13.9 Å². The molecule has 7 heteroatoms. The van der Waals surface area contributed by atoms with Crippen LogP contribution in [0.1, 0.15) is 19.4 Å². The molecule has 126 valence electrons. The summed E-state index contributed by atoms with van der Waals surface area (Å²) in [6.07, 6.45) is -0.812. The molecule has 1 N–H and O–H groups in total. The van der Waals surface area contributed by atoms with Crippen LogP contribution < -0.4 is 10.2 Å². The summed E-state index contributed by atoms with van der Waals surface area (Å²) >= 11 is 11.8. The van der Waals surface area contributed by atoms with Crippen molar-refractivity contribution in [3.05, 3.63) is 63.9 Å². The number of nitrogens with zero attached hydrogens (tertiary/aromatic N) is 1. The monoisotopic (exact) mass is 368 g/mol. The Hall–Kier alpha value is -2.11. The highest BCUT2D eigenvalue weighted by Gasteiger charge is 2.16.